The van der Waals surface area contributed by atoms with Gasteiger partial charge in [-0.1, -0.05) is 183 Å². The quantitative estimate of drug-likeness (QED) is 0.116. The van der Waals surface area contributed by atoms with E-state index in [9.17, 15) is 0 Å². The summed E-state index contributed by atoms with van der Waals surface area (Å²) in [5, 5.41) is 12.2. The highest BCUT2D eigenvalue weighted by Crippen LogP contribution is 2.46. The first-order valence-corrected chi connectivity index (χ1v) is 22.6. The number of thiophene rings is 1. The van der Waals surface area contributed by atoms with Crippen LogP contribution in [0.3, 0.4) is 0 Å². The maximum absolute atomic E-state index is 6.71. The smallest absolute Gasteiger partial charge is 0.136 e. The van der Waals surface area contributed by atoms with Crippen molar-refractivity contribution in [2.24, 2.45) is 4.99 Å². The lowest BCUT2D eigenvalue weighted by Gasteiger charge is -2.16. The Kier molecular flexibility index (Phi) is 8.99. The number of furan rings is 1. The summed E-state index contributed by atoms with van der Waals surface area (Å²) in [7, 11) is 0. The zero-order chi connectivity index (χ0) is 42.9. The van der Waals surface area contributed by atoms with Crippen molar-refractivity contribution in [2.45, 2.75) is 13.8 Å². The maximum atomic E-state index is 6.71. The Bertz CT molecular complexity index is 3880. The Morgan fingerprint density at radius 1 is 0.453 bits per heavy atom. The van der Waals surface area contributed by atoms with Gasteiger partial charge in [0, 0.05) is 47.6 Å². The summed E-state index contributed by atoms with van der Waals surface area (Å²) in [4.78, 5) is 5.51. The van der Waals surface area contributed by atoms with Crippen LogP contribution in [0.15, 0.2) is 222 Å². The van der Waals surface area contributed by atoms with E-state index in [-0.39, 0.29) is 0 Å². The van der Waals surface area contributed by atoms with Gasteiger partial charge >= 0.3 is 0 Å². The molecule has 0 aliphatic heterocycles. The largest absolute Gasteiger partial charge is 0.456 e. The van der Waals surface area contributed by atoms with E-state index in [0.717, 1.165) is 61.1 Å². The Hall–Kier alpha value is -7.85. The summed E-state index contributed by atoms with van der Waals surface area (Å²) in [6.07, 6.45) is 0. The zero-order valence-corrected chi connectivity index (χ0v) is 36.3. The lowest BCUT2D eigenvalue weighted by molar-refractivity contribution is 0.669. The van der Waals surface area contributed by atoms with Gasteiger partial charge in [-0.2, -0.15) is 0 Å². The number of fused-ring (bicyclic) bond motifs is 12. The molecule has 0 spiro atoms. The molecular weight excluding hydrogens is 795 g/mol. The molecule has 12 rings (SSSR count). The molecule has 2 aromatic heterocycles. The second-order valence-electron chi connectivity index (χ2n) is 16.7. The summed E-state index contributed by atoms with van der Waals surface area (Å²) < 4.78 is 9.28. The molecule has 0 bridgehead atoms. The first-order chi connectivity index (χ1) is 31.5. The molecule has 2 nitrogen and oxygen atoms in total. The number of allylic oxidation sites excluding steroid dienone is 2. The van der Waals surface area contributed by atoms with Gasteiger partial charge in [0.1, 0.15) is 11.2 Å². The second-order valence-corrected chi connectivity index (χ2v) is 17.7. The molecule has 3 heteroatoms. The van der Waals surface area contributed by atoms with Crippen LogP contribution in [-0.4, -0.2) is 5.71 Å². The number of benzene rings is 10. The number of aliphatic imine (C=N–C) groups is 1. The summed E-state index contributed by atoms with van der Waals surface area (Å²) in [5.74, 6) is 0. The van der Waals surface area contributed by atoms with Crippen LogP contribution in [0.2, 0.25) is 0 Å². The van der Waals surface area contributed by atoms with Crippen LogP contribution in [0.4, 0.5) is 0 Å². The van der Waals surface area contributed by atoms with E-state index in [2.05, 4.69) is 221 Å². The highest BCUT2D eigenvalue weighted by Gasteiger charge is 2.21. The van der Waals surface area contributed by atoms with Crippen LogP contribution in [0.5, 0.6) is 0 Å². The van der Waals surface area contributed by atoms with Crippen molar-refractivity contribution in [1.29, 1.82) is 0 Å². The van der Waals surface area contributed by atoms with Crippen molar-refractivity contribution in [3.63, 3.8) is 0 Å². The molecule has 2 heterocycles. The van der Waals surface area contributed by atoms with Crippen LogP contribution in [0.25, 0.3) is 108 Å². The molecule has 12 aromatic rings. The minimum absolute atomic E-state index is 0.708. The Balaban J connectivity index is 1.05. The molecular formula is C61H41NOS. The number of nitrogens with zero attached hydrogens (tertiary/aromatic N) is 1. The van der Waals surface area contributed by atoms with E-state index in [1.54, 1.807) is 0 Å². The Labute approximate surface area is 375 Å². The van der Waals surface area contributed by atoms with Gasteiger partial charge in [-0.15, -0.1) is 11.3 Å². The van der Waals surface area contributed by atoms with E-state index >= 15 is 0 Å². The van der Waals surface area contributed by atoms with Gasteiger partial charge in [0.2, 0.25) is 0 Å². The van der Waals surface area contributed by atoms with Crippen molar-refractivity contribution in [3.05, 3.63) is 229 Å². The average molecular weight is 836 g/mol. The van der Waals surface area contributed by atoms with E-state index in [0.29, 0.717) is 5.70 Å². The first kappa shape index (κ1) is 37.9. The van der Waals surface area contributed by atoms with Crippen LogP contribution in [0.1, 0.15) is 30.5 Å². The van der Waals surface area contributed by atoms with Gasteiger partial charge in [-0.3, -0.25) is 0 Å². The van der Waals surface area contributed by atoms with Crippen molar-refractivity contribution < 1.29 is 4.42 Å². The third-order valence-electron chi connectivity index (χ3n) is 13.1. The van der Waals surface area contributed by atoms with Crippen LogP contribution in [-0.2, 0) is 0 Å². The Morgan fingerprint density at radius 3 is 1.73 bits per heavy atom. The molecule has 10 aromatic carbocycles. The molecule has 0 fully saturated rings. The third kappa shape index (κ3) is 6.12. The second kappa shape index (κ2) is 15.2. The molecule has 302 valence electrons. The highest BCUT2D eigenvalue weighted by molar-refractivity contribution is 7.26. The van der Waals surface area contributed by atoms with Crippen LogP contribution >= 0.6 is 11.3 Å². The van der Waals surface area contributed by atoms with Crippen molar-refractivity contribution in [1.82, 2.24) is 0 Å². The van der Waals surface area contributed by atoms with E-state index < -0.39 is 0 Å². The van der Waals surface area contributed by atoms with Crippen molar-refractivity contribution in [2.75, 3.05) is 0 Å². The molecule has 0 saturated heterocycles. The van der Waals surface area contributed by atoms with E-state index in [1.165, 1.54) is 69.2 Å². The summed E-state index contributed by atoms with van der Waals surface area (Å²) in [5.41, 5.74) is 13.4. The molecule has 0 amide bonds. The van der Waals surface area contributed by atoms with Crippen LogP contribution in [0, 0.1) is 0 Å². The highest BCUT2D eigenvalue weighted by atomic mass is 32.1. The van der Waals surface area contributed by atoms with E-state index in [4.69, 9.17) is 9.41 Å². The van der Waals surface area contributed by atoms with Crippen molar-refractivity contribution >= 4 is 103 Å². The van der Waals surface area contributed by atoms with Gasteiger partial charge in [-0.25, -0.2) is 4.99 Å². The van der Waals surface area contributed by atoms with Gasteiger partial charge in [0.25, 0.3) is 0 Å². The topological polar surface area (TPSA) is 25.5 Å². The average Bonchev–Trinajstić information content (AvgIpc) is 3.94. The summed E-state index contributed by atoms with van der Waals surface area (Å²) in [6.45, 7) is 9.09. The van der Waals surface area contributed by atoms with E-state index in [1.807, 2.05) is 11.3 Å². The monoisotopic (exact) mass is 835 g/mol. The lowest BCUT2D eigenvalue weighted by Crippen LogP contribution is -2.06. The van der Waals surface area contributed by atoms with Gasteiger partial charge < -0.3 is 4.42 Å². The fourth-order valence-corrected chi connectivity index (χ4v) is 11.1. The molecule has 64 heavy (non-hydrogen) atoms. The summed E-state index contributed by atoms with van der Waals surface area (Å²) >= 11 is 1.86. The Morgan fingerprint density at radius 2 is 1.00 bits per heavy atom. The van der Waals surface area contributed by atoms with Crippen LogP contribution < -0.4 is 0 Å². The SMILES string of the molecule is C=C(/N=C(\C(C)=C(/C)c1cccc2oc3cccc(-c4cccc5c4sc4ccccc45)c3c12)c1ccc(-c2ccccc2)cc1)c1ccc2c3ccccc3c3ccccc3c2c1. The molecule has 0 N–H and O–H groups in total. The normalized spacial score (nSPS) is 12.6. The fourth-order valence-electron chi connectivity index (χ4n) is 9.85. The zero-order valence-electron chi connectivity index (χ0n) is 35.5. The lowest BCUT2D eigenvalue weighted by atomic mass is 9.90. The third-order valence-corrected chi connectivity index (χ3v) is 14.3. The standard InChI is InChI=1S/C61H41NOS/c1-37(44-23-14-27-55-58(44)59-51(24-15-28-56(59)63-55)53-26-13-25-52-50-22-11-12-29-57(50)64-61(52)53)38(2)60(42-32-30-41(31-33-42)40-16-5-4-6-17-40)62-39(3)43-34-35-49-47-20-8-7-18-45(47)46-19-9-10-21-48(46)54(49)36-43/h4-36H,3H2,1-2H3/b38-37+,62-60+. The summed E-state index contributed by atoms with van der Waals surface area (Å²) in [6, 6.07) is 71.7. The maximum Gasteiger partial charge on any atom is 0.136 e. The molecule has 0 aliphatic carbocycles. The predicted octanol–water partition coefficient (Wildman–Crippen LogP) is 17.7. The first-order valence-electron chi connectivity index (χ1n) is 21.8. The predicted molar refractivity (Wildman–Crippen MR) is 277 cm³/mol. The molecule has 0 atom stereocenters. The molecule has 0 saturated carbocycles. The van der Waals surface area contributed by atoms with Gasteiger partial charge in [0.15, 0.2) is 0 Å². The number of rotatable bonds is 7. The molecule has 0 radical (unpaired) electrons. The number of hydrogen-bond acceptors (Lipinski definition) is 3. The molecule has 0 aliphatic rings. The fraction of sp³-hybridized carbons (Fsp3) is 0.0328. The minimum Gasteiger partial charge on any atom is -0.456 e. The van der Waals surface area contributed by atoms with Crippen molar-refractivity contribution in [3.8, 4) is 22.3 Å². The minimum atomic E-state index is 0.708. The van der Waals surface area contributed by atoms with Gasteiger partial charge in [0.05, 0.1) is 11.4 Å². The number of hydrogen-bond donors (Lipinski definition) is 0. The molecule has 0 unspecified atom stereocenters. The van der Waals surface area contributed by atoms with Gasteiger partial charge in [-0.05, 0) is 104 Å².